The second-order valence-corrected chi connectivity index (χ2v) is 11.4. The fraction of sp³-hybridized carbons (Fsp3) is 0.286. The lowest BCUT2D eigenvalue weighted by Crippen LogP contribution is -2.40. The van der Waals surface area contributed by atoms with Crippen LogP contribution in [0, 0.1) is 23.6 Å². The summed E-state index contributed by atoms with van der Waals surface area (Å²) in [5, 5.41) is 0. The van der Waals surface area contributed by atoms with Gasteiger partial charge in [0.15, 0.2) is 5.58 Å². The zero-order chi connectivity index (χ0) is 27.8. The molecule has 8 nitrogen and oxygen atoms in total. The number of oxazole rings is 1. The topological polar surface area (TPSA) is 120 Å². The first-order valence-corrected chi connectivity index (χ1v) is 13.9. The Morgan fingerprint density at radius 3 is 2.59 bits per heavy atom. The lowest BCUT2D eigenvalue weighted by Gasteiger charge is -2.27. The maximum atomic E-state index is 15.1. The Balaban J connectivity index is 1.47. The Kier molecular flexibility index (Phi) is 7.01. The number of halogens is 2. The molecule has 1 fully saturated rings. The minimum Gasteiger partial charge on any atom is -0.408 e. The molecule has 0 aliphatic heterocycles. The lowest BCUT2D eigenvalue weighted by molar-refractivity contribution is 0.370. The van der Waals surface area contributed by atoms with Crippen molar-refractivity contribution < 1.29 is 21.6 Å². The normalized spacial score (nSPS) is 15.9. The first-order valence-electron chi connectivity index (χ1n) is 12.5. The van der Waals surface area contributed by atoms with Crippen LogP contribution in [0.2, 0.25) is 0 Å². The average molecular weight is 553 g/mol. The van der Waals surface area contributed by atoms with Gasteiger partial charge in [-0.1, -0.05) is 49.3 Å². The Hall–Kier alpha value is -4.01. The van der Waals surface area contributed by atoms with Crippen molar-refractivity contribution in [2.24, 2.45) is 5.73 Å². The van der Waals surface area contributed by atoms with Crippen molar-refractivity contribution in [1.29, 1.82) is 0 Å². The third-order valence-electron chi connectivity index (χ3n) is 6.87. The summed E-state index contributed by atoms with van der Waals surface area (Å²) in [7, 11) is -4.51. The lowest BCUT2D eigenvalue weighted by atomic mass is 9.83. The third-order valence-corrected chi connectivity index (χ3v) is 8.24. The van der Waals surface area contributed by atoms with E-state index in [1.807, 2.05) is 29.0 Å². The smallest absolute Gasteiger partial charge is 0.408 e. The summed E-state index contributed by atoms with van der Waals surface area (Å²) in [6, 6.07) is 12.1. The summed E-state index contributed by atoms with van der Waals surface area (Å²) < 4.78 is 62.7. The fourth-order valence-electron chi connectivity index (χ4n) is 4.80. The SMILES string of the molecule is C[C@H](c1cccc(C#CC2(N)CCCCC2)c1)n1c(=O)oc2cc(S(=O)(=O)Nc3cccc(F)n3)c(F)cc21. The second-order valence-electron chi connectivity index (χ2n) is 9.71. The highest BCUT2D eigenvalue weighted by Gasteiger charge is 2.26. The molecule has 1 aliphatic carbocycles. The molecule has 1 aliphatic rings. The molecule has 0 amide bonds. The van der Waals surface area contributed by atoms with Gasteiger partial charge >= 0.3 is 5.76 Å². The molecular weight excluding hydrogens is 526 g/mol. The summed E-state index contributed by atoms with van der Waals surface area (Å²) >= 11 is 0. The van der Waals surface area contributed by atoms with E-state index < -0.39 is 44.0 Å². The van der Waals surface area contributed by atoms with Crippen LogP contribution >= 0.6 is 0 Å². The number of aromatic nitrogens is 2. The molecule has 202 valence electrons. The zero-order valence-electron chi connectivity index (χ0n) is 21.1. The molecular formula is C28H26F2N4O4S. The predicted octanol–water partition coefficient (Wildman–Crippen LogP) is 4.69. The Morgan fingerprint density at radius 1 is 1.10 bits per heavy atom. The number of sulfonamides is 1. The van der Waals surface area contributed by atoms with Gasteiger partial charge in [0.05, 0.1) is 17.1 Å². The number of hydrogen-bond donors (Lipinski definition) is 2. The highest BCUT2D eigenvalue weighted by molar-refractivity contribution is 7.92. The molecule has 0 unspecified atom stereocenters. The molecule has 11 heteroatoms. The van der Waals surface area contributed by atoms with Gasteiger partial charge in [-0.3, -0.25) is 9.29 Å². The van der Waals surface area contributed by atoms with Crippen LogP contribution in [0.5, 0.6) is 0 Å². The number of nitrogens with two attached hydrogens (primary N) is 1. The Morgan fingerprint density at radius 2 is 1.85 bits per heavy atom. The highest BCUT2D eigenvalue weighted by Crippen LogP contribution is 2.28. The van der Waals surface area contributed by atoms with Gasteiger partial charge in [-0.25, -0.2) is 22.6 Å². The van der Waals surface area contributed by atoms with Crippen molar-refractivity contribution in [1.82, 2.24) is 9.55 Å². The minimum absolute atomic E-state index is 0.0763. The molecule has 0 bridgehead atoms. The van der Waals surface area contributed by atoms with E-state index in [0.717, 1.165) is 61.4 Å². The van der Waals surface area contributed by atoms with Crippen molar-refractivity contribution in [3.05, 3.63) is 88.0 Å². The molecule has 0 spiro atoms. The van der Waals surface area contributed by atoms with Gasteiger partial charge in [0.25, 0.3) is 10.0 Å². The quantitative estimate of drug-likeness (QED) is 0.274. The van der Waals surface area contributed by atoms with Crippen LogP contribution in [-0.2, 0) is 10.0 Å². The standard InChI is InChI=1S/C28H26F2N4O4S/c1-18(20-8-5-7-19(15-20)11-14-28(31)12-3-2-4-13-28)34-22-16-21(29)24(17-23(22)38-27(34)35)39(36,37)33-26-10-6-9-25(30)32-26/h5-10,15-18H,2-4,12-13,31H2,1H3,(H,32,33)/t18-/m1/s1. The van der Waals surface area contributed by atoms with Gasteiger partial charge in [-0.05, 0) is 49.6 Å². The molecule has 2 aromatic carbocycles. The summed E-state index contributed by atoms with van der Waals surface area (Å²) in [6.45, 7) is 1.74. The first-order chi connectivity index (χ1) is 18.5. The Bertz CT molecular complexity index is 1780. The number of nitrogens with one attached hydrogen (secondary N) is 1. The maximum Gasteiger partial charge on any atom is 0.420 e. The van der Waals surface area contributed by atoms with Gasteiger partial charge in [-0.2, -0.15) is 4.39 Å². The van der Waals surface area contributed by atoms with Gasteiger partial charge in [0.2, 0.25) is 5.95 Å². The molecule has 5 rings (SSSR count). The molecule has 2 heterocycles. The van der Waals surface area contributed by atoms with Crippen LogP contribution in [0.4, 0.5) is 14.6 Å². The van der Waals surface area contributed by atoms with E-state index in [0.29, 0.717) is 0 Å². The van der Waals surface area contributed by atoms with Gasteiger partial charge in [0, 0.05) is 17.7 Å². The van der Waals surface area contributed by atoms with Crippen molar-refractivity contribution in [3.8, 4) is 11.8 Å². The molecule has 1 atom stereocenters. The van der Waals surface area contributed by atoms with E-state index in [1.165, 1.54) is 16.7 Å². The average Bonchev–Trinajstić information content (AvgIpc) is 3.21. The predicted molar refractivity (Wildman–Crippen MR) is 143 cm³/mol. The van der Waals surface area contributed by atoms with Crippen LogP contribution in [0.1, 0.15) is 56.2 Å². The fourth-order valence-corrected chi connectivity index (χ4v) is 5.87. The monoisotopic (exact) mass is 552 g/mol. The van der Waals surface area contributed by atoms with Crippen LogP contribution in [0.15, 0.2) is 68.7 Å². The van der Waals surface area contributed by atoms with Gasteiger partial charge in [0.1, 0.15) is 16.5 Å². The van der Waals surface area contributed by atoms with Gasteiger partial charge < -0.3 is 10.2 Å². The largest absolute Gasteiger partial charge is 0.420 e. The van der Waals surface area contributed by atoms with Crippen LogP contribution in [-0.4, -0.2) is 23.5 Å². The van der Waals surface area contributed by atoms with Crippen molar-refractivity contribution in [3.63, 3.8) is 0 Å². The van der Waals surface area contributed by atoms with Crippen molar-refractivity contribution in [2.75, 3.05) is 4.72 Å². The van der Waals surface area contributed by atoms with Crippen LogP contribution in [0.25, 0.3) is 11.1 Å². The minimum atomic E-state index is -4.51. The van der Waals surface area contributed by atoms with E-state index in [9.17, 15) is 17.6 Å². The molecule has 0 radical (unpaired) electrons. The summed E-state index contributed by atoms with van der Waals surface area (Å²) in [5.74, 6) is 3.23. The maximum absolute atomic E-state index is 15.1. The van der Waals surface area contributed by atoms with Crippen molar-refractivity contribution >= 4 is 26.9 Å². The molecule has 2 aromatic heterocycles. The van der Waals surface area contributed by atoms with Gasteiger partial charge in [-0.15, -0.1) is 0 Å². The molecule has 1 saturated carbocycles. The summed E-state index contributed by atoms with van der Waals surface area (Å²) in [4.78, 5) is 15.5. The molecule has 3 N–H and O–H groups in total. The van der Waals surface area contributed by atoms with E-state index in [-0.39, 0.29) is 16.9 Å². The highest BCUT2D eigenvalue weighted by atomic mass is 32.2. The van der Waals surface area contributed by atoms with Crippen LogP contribution < -0.4 is 16.2 Å². The molecule has 0 saturated heterocycles. The number of pyridine rings is 1. The van der Waals surface area contributed by atoms with Crippen molar-refractivity contribution in [2.45, 2.75) is 55.5 Å². The van der Waals surface area contributed by atoms with E-state index in [2.05, 4.69) is 16.8 Å². The number of nitrogens with zero attached hydrogens (tertiary/aromatic N) is 2. The van der Waals surface area contributed by atoms with Crippen LogP contribution in [0.3, 0.4) is 0 Å². The number of anilines is 1. The third kappa shape index (κ3) is 5.57. The zero-order valence-corrected chi connectivity index (χ0v) is 21.9. The number of hydrogen-bond acceptors (Lipinski definition) is 6. The Labute approximate surface area is 223 Å². The molecule has 4 aromatic rings. The number of benzene rings is 2. The molecule has 39 heavy (non-hydrogen) atoms. The number of fused-ring (bicyclic) bond motifs is 1. The number of rotatable bonds is 5. The van der Waals surface area contributed by atoms with E-state index in [4.69, 9.17) is 10.2 Å². The summed E-state index contributed by atoms with van der Waals surface area (Å²) in [5.41, 5.74) is 7.33. The summed E-state index contributed by atoms with van der Waals surface area (Å²) in [6.07, 6.45) is 4.97. The first kappa shape index (κ1) is 26.6. The second kappa shape index (κ2) is 10.3. The van der Waals surface area contributed by atoms with E-state index >= 15 is 4.39 Å². The van der Waals surface area contributed by atoms with E-state index in [1.54, 1.807) is 6.92 Å².